The zero-order valence-corrected chi connectivity index (χ0v) is 12.1. The third-order valence-electron chi connectivity index (χ3n) is 2.86. The largest absolute Gasteiger partial charge is 0.382 e. The number of nitro benzene ring substituents is 1. The standard InChI is InChI=1S/C14H21FN2O4/c1-20-8-9-21-7-3-2-6-16-11-12-4-5-14(17(18)19)13(15)10-12/h4-5,10,16H,2-3,6-9,11H2,1H3. The maximum absolute atomic E-state index is 13.4. The van der Waals surface area contributed by atoms with Crippen molar-refractivity contribution in [2.24, 2.45) is 0 Å². The van der Waals surface area contributed by atoms with E-state index in [0.717, 1.165) is 19.4 Å². The number of hydrogen-bond acceptors (Lipinski definition) is 5. The Balaban J connectivity index is 2.13. The highest BCUT2D eigenvalue weighted by Crippen LogP contribution is 2.17. The number of halogens is 1. The first-order valence-corrected chi connectivity index (χ1v) is 6.85. The fourth-order valence-electron chi connectivity index (χ4n) is 1.74. The van der Waals surface area contributed by atoms with Crippen LogP contribution in [0.4, 0.5) is 10.1 Å². The van der Waals surface area contributed by atoms with E-state index in [0.29, 0.717) is 31.9 Å². The fraction of sp³-hybridized carbons (Fsp3) is 0.571. The van der Waals surface area contributed by atoms with Crippen LogP contribution in [0.2, 0.25) is 0 Å². The Morgan fingerprint density at radius 1 is 1.29 bits per heavy atom. The van der Waals surface area contributed by atoms with Crippen LogP contribution in [0, 0.1) is 15.9 Å². The molecule has 0 amide bonds. The molecule has 0 saturated heterocycles. The molecule has 0 aliphatic heterocycles. The third-order valence-corrected chi connectivity index (χ3v) is 2.86. The van der Waals surface area contributed by atoms with Crippen molar-refractivity contribution in [1.29, 1.82) is 0 Å². The van der Waals surface area contributed by atoms with Crippen LogP contribution in [0.1, 0.15) is 18.4 Å². The first-order valence-electron chi connectivity index (χ1n) is 6.85. The molecule has 0 bridgehead atoms. The molecule has 7 heteroatoms. The Morgan fingerprint density at radius 3 is 2.76 bits per heavy atom. The van der Waals surface area contributed by atoms with E-state index in [1.54, 1.807) is 13.2 Å². The van der Waals surface area contributed by atoms with E-state index >= 15 is 0 Å². The molecular weight excluding hydrogens is 279 g/mol. The second-order valence-corrected chi connectivity index (χ2v) is 4.53. The molecule has 6 nitrogen and oxygen atoms in total. The number of nitrogens with zero attached hydrogens (tertiary/aromatic N) is 1. The second kappa shape index (κ2) is 10.2. The highest BCUT2D eigenvalue weighted by Gasteiger charge is 2.13. The number of benzene rings is 1. The molecule has 0 atom stereocenters. The van der Waals surface area contributed by atoms with Crippen molar-refractivity contribution >= 4 is 5.69 Å². The Kier molecular flexibility index (Phi) is 8.49. The average molecular weight is 300 g/mol. The van der Waals surface area contributed by atoms with E-state index in [1.165, 1.54) is 12.1 Å². The summed E-state index contributed by atoms with van der Waals surface area (Å²) in [6.07, 6.45) is 1.88. The quantitative estimate of drug-likeness (QED) is 0.385. The Morgan fingerprint density at radius 2 is 2.10 bits per heavy atom. The van der Waals surface area contributed by atoms with Gasteiger partial charge in [0, 0.05) is 26.3 Å². The summed E-state index contributed by atoms with van der Waals surface area (Å²) in [7, 11) is 1.63. The molecule has 0 fully saturated rings. The molecule has 1 N–H and O–H groups in total. The lowest BCUT2D eigenvalue weighted by Crippen LogP contribution is -2.15. The van der Waals surface area contributed by atoms with Gasteiger partial charge in [-0.1, -0.05) is 6.07 Å². The molecule has 0 spiro atoms. The molecule has 1 aromatic carbocycles. The Labute approximate surface area is 123 Å². The summed E-state index contributed by atoms with van der Waals surface area (Å²) in [5.74, 6) is -0.800. The molecular formula is C14H21FN2O4. The molecule has 0 heterocycles. The van der Waals surface area contributed by atoms with Crippen LogP contribution in [0.3, 0.4) is 0 Å². The SMILES string of the molecule is COCCOCCCCNCc1ccc([N+](=O)[O-])c(F)c1. The van der Waals surface area contributed by atoms with Crippen LogP contribution in [-0.2, 0) is 16.0 Å². The summed E-state index contributed by atoms with van der Waals surface area (Å²) in [6, 6.07) is 3.94. The summed E-state index contributed by atoms with van der Waals surface area (Å²) in [4.78, 5) is 9.76. The van der Waals surface area contributed by atoms with Crippen molar-refractivity contribution in [2.45, 2.75) is 19.4 Å². The van der Waals surface area contributed by atoms with Gasteiger partial charge < -0.3 is 14.8 Å². The predicted molar refractivity (Wildman–Crippen MR) is 76.7 cm³/mol. The monoisotopic (exact) mass is 300 g/mol. The molecule has 0 aromatic heterocycles. The minimum Gasteiger partial charge on any atom is -0.382 e. The first-order chi connectivity index (χ1) is 10.1. The topological polar surface area (TPSA) is 73.6 Å². The van der Waals surface area contributed by atoms with Gasteiger partial charge in [-0.3, -0.25) is 10.1 Å². The van der Waals surface area contributed by atoms with Crippen LogP contribution in [0.5, 0.6) is 0 Å². The number of hydrogen-bond donors (Lipinski definition) is 1. The summed E-state index contributed by atoms with van der Waals surface area (Å²) in [5.41, 5.74) is 0.196. The van der Waals surface area contributed by atoms with Gasteiger partial charge in [-0.05, 0) is 31.0 Å². The Bertz CT molecular complexity index is 443. The summed E-state index contributed by atoms with van der Waals surface area (Å²) in [6.45, 7) is 3.17. The van der Waals surface area contributed by atoms with Gasteiger partial charge in [0.2, 0.25) is 5.82 Å². The van der Waals surface area contributed by atoms with Crippen LogP contribution in [-0.4, -0.2) is 38.4 Å². The molecule has 0 radical (unpaired) electrons. The number of rotatable bonds is 11. The van der Waals surface area contributed by atoms with Crippen molar-refractivity contribution in [3.8, 4) is 0 Å². The highest BCUT2D eigenvalue weighted by molar-refractivity contribution is 5.34. The normalized spacial score (nSPS) is 10.8. The van der Waals surface area contributed by atoms with Crippen LogP contribution < -0.4 is 5.32 Å². The van der Waals surface area contributed by atoms with E-state index in [4.69, 9.17) is 9.47 Å². The van der Waals surface area contributed by atoms with Gasteiger partial charge in [0.1, 0.15) is 0 Å². The van der Waals surface area contributed by atoms with Gasteiger partial charge in [-0.25, -0.2) is 0 Å². The van der Waals surface area contributed by atoms with Crippen molar-refractivity contribution < 1.29 is 18.8 Å². The van der Waals surface area contributed by atoms with Gasteiger partial charge in [-0.2, -0.15) is 4.39 Å². The lowest BCUT2D eigenvalue weighted by atomic mass is 10.2. The minimum absolute atomic E-state index is 0.486. The van der Waals surface area contributed by atoms with Crippen molar-refractivity contribution in [3.63, 3.8) is 0 Å². The number of nitrogens with one attached hydrogen (secondary N) is 1. The molecule has 0 aliphatic rings. The molecule has 21 heavy (non-hydrogen) atoms. The van der Waals surface area contributed by atoms with Crippen LogP contribution in [0.25, 0.3) is 0 Å². The van der Waals surface area contributed by atoms with Crippen molar-refractivity contribution in [3.05, 3.63) is 39.7 Å². The Hall–Kier alpha value is -1.57. The fourth-order valence-corrected chi connectivity index (χ4v) is 1.74. The van der Waals surface area contributed by atoms with Gasteiger partial charge >= 0.3 is 5.69 Å². The number of unbranched alkanes of at least 4 members (excludes halogenated alkanes) is 1. The summed E-state index contributed by atoms with van der Waals surface area (Å²) in [5, 5.41) is 13.7. The summed E-state index contributed by atoms with van der Waals surface area (Å²) < 4.78 is 23.6. The molecule has 1 rings (SSSR count). The van der Waals surface area contributed by atoms with Crippen molar-refractivity contribution in [2.75, 3.05) is 33.5 Å². The van der Waals surface area contributed by atoms with E-state index in [2.05, 4.69) is 5.32 Å². The highest BCUT2D eigenvalue weighted by atomic mass is 19.1. The molecule has 0 unspecified atom stereocenters. The van der Waals surface area contributed by atoms with Gasteiger partial charge in [0.05, 0.1) is 18.1 Å². The predicted octanol–water partition coefficient (Wildman–Crippen LogP) is 2.27. The van der Waals surface area contributed by atoms with Gasteiger partial charge in [-0.15, -0.1) is 0 Å². The molecule has 0 saturated carbocycles. The van der Waals surface area contributed by atoms with E-state index in [9.17, 15) is 14.5 Å². The zero-order valence-electron chi connectivity index (χ0n) is 12.1. The number of methoxy groups -OCH3 is 1. The maximum atomic E-state index is 13.4. The first kappa shape index (κ1) is 17.5. The minimum atomic E-state index is -0.800. The average Bonchev–Trinajstić information content (AvgIpc) is 2.45. The number of ether oxygens (including phenoxy) is 2. The lowest BCUT2D eigenvalue weighted by Gasteiger charge is -2.06. The molecule has 1 aromatic rings. The van der Waals surface area contributed by atoms with Gasteiger partial charge in [0.15, 0.2) is 0 Å². The zero-order chi connectivity index (χ0) is 15.5. The smallest absolute Gasteiger partial charge is 0.304 e. The van der Waals surface area contributed by atoms with E-state index in [1.807, 2.05) is 0 Å². The van der Waals surface area contributed by atoms with E-state index in [-0.39, 0.29) is 0 Å². The van der Waals surface area contributed by atoms with Crippen molar-refractivity contribution in [1.82, 2.24) is 5.32 Å². The third kappa shape index (κ3) is 7.12. The summed E-state index contributed by atoms with van der Waals surface area (Å²) >= 11 is 0. The molecule has 0 aliphatic carbocycles. The number of nitro groups is 1. The lowest BCUT2D eigenvalue weighted by molar-refractivity contribution is -0.387. The molecule has 118 valence electrons. The van der Waals surface area contributed by atoms with Crippen LogP contribution in [0.15, 0.2) is 18.2 Å². The van der Waals surface area contributed by atoms with E-state index < -0.39 is 16.4 Å². The second-order valence-electron chi connectivity index (χ2n) is 4.53. The van der Waals surface area contributed by atoms with Gasteiger partial charge in [0.25, 0.3) is 0 Å². The maximum Gasteiger partial charge on any atom is 0.304 e. The van der Waals surface area contributed by atoms with Crippen LogP contribution >= 0.6 is 0 Å².